The lowest BCUT2D eigenvalue weighted by atomic mass is 9.99. The molecule has 0 aliphatic carbocycles. The second kappa shape index (κ2) is 7.53. The highest BCUT2D eigenvalue weighted by atomic mass is 16.2. The van der Waals surface area contributed by atoms with Crippen molar-refractivity contribution in [2.45, 2.75) is 32.4 Å². The first-order chi connectivity index (χ1) is 13.1. The molecule has 0 spiro atoms. The lowest BCUT2D eigenvalue weighted by Gasteiger charge is -2.43. The van der Waals surface area contributed by atoms with Gasteiger partial charge in [0.25, 0.3) is 5.91 Å². The second-order valence-corrected chi connectivity index (χ2v) is 7.37. The molecule has 2 aromatic carbocycles. The van der Waals surface area contributed by atoms with E-state index in [9.17, 15) is 9.59 Å². The van der Waals surface area contributed by atoms with Crippen molar-refractivity contribution >= 4 is 17.5 Å². The highest BCUT2D eigenvalue weighted by Crippen LogP contribution is 2.30. The Morgan fingerprint density at radius 1 is 1.00 bits per heavy atom. The molecule has 2 amide bonds. The largest absolute Gasteiger partial charge is 0.317 e. The molecule has 1 saturated heterocycles. The third-order valence-corrected chi connectivity index (χ3v) is 5.61. The SMILES string of the molecule is CC(=O)N1CN(C2CCN(Cc3ccccc3)CC2)C(=O)c2ccccc21. The zero-order chi connectivity index (χ0) is 18.8. The van der Waals surface area contributed by atoms with Gasteiger partial charge in [-0.3, -0.25) is 19.4 Å². The number of anilines is 1. The molecule has 27 heavy (non-hydrogen) atoms. The van der Waals surface area contributed by atoms with E-state index in [1.165, 1.54) is 5.56 Å². The third kappa shape index (κ3) is 3.60. The van der Waals surface area contributed by atoms with E-state index in [1.807, 2.05) is 35.2 Å². The predicted octanol–water partition coefficient (Wildman–Crippen LogP) is 3.12. The first-order valence-electron chi connectivity index (χ1n) is 9.58. The number of carbonyl (C=O) groups is 2. The molecule has 0 aromatic heterocycles. The fourth-order valence-corrected chi connectivity index (χ4v) is 4.12. The zero-order valence-electron chi connectivity index (χ0n) is 15.7. The number of fused-ring (bicyclic) bond motifs is 1. The summed E-state index contributed by atoms with van der Waals surface area (Å²) >= 11 is 0. The Hall–Kier alpha value is -2.66. The number of hydrogen-bond donors (Lipinski definition) is 0. The molecular formula is C22H25N3O2. The normalized spacial score (nSPS) is 18.5. The molecular weight excluding hydrogens is 338 g/mol. The minimum Gasteiger partial charge on any atom is -0.317 e. The van der Waals surface area contributed by atoms with E-state index in [4.69, 9.17) is 0 Å². The summed E-state index contributed by atoms with van der Waals surface area (Å²) in [6.45, 7) is 4.79. The molecule has 2 aliphatic rings. The molecule has 0 atom stereocenters. The summed E-state index contributed by atoms with van der Waals surface area (Å²) < 4.78 is 0. The van der Waals surface area contributed by atoms with E-state index < -0.39 is 0 Å². The molecule has 5 nitrogen and oxygen atoms in total. The summed E-state index contributed by atoms with van der Waals surface area (Å²) in [4.78, 5) is 31.2. The number of likely N-dealkylation sites (tertiary alicyclic amines) is 1. The van der Waals surface area contributed by atoms with Crippen molar-refractivity contribution in [2.24, 2.45) is 0 Å². The van der Waals surface area contributed by atoms with Gasteiger partial charge in [-0.05, 0) is 30.5 Å². The summed E-state index contributed by atoms with van der Waals surface area (Å²) in [7, 11) is 0. The van der Waals surface area contributed by atoms with Gasteiger partial charge in [0.1, 0.15) is 6.67 Å². The van der Waals surface area contributed by atoms with Gasteiger partial charge in [0.2, 0.25) is 5.91 Å². The fourth-order valence-electron chi connectivity index (χ4n) is 4.12. The maximum absolute atomic E-state index is 13.0. The van der Waals surface area contributed by atoms with Gasteiger partial charge in [0.15, 0.2) is 0 Å². The van der Waals surface area contributed by atoms with Crippen LogP contribution in [0.2, 0.25) is 0 Å². The van der Waals surface area contributed by atoms with E-state index in [0.29, 0.717) is 12.2 Å². The van der Waals surface area contributed by atoms with Gasteiger partial charge in [-0.1, -0.05) is 42.5 Å². The van der Waals surface area contributed by atoms with Crippen molar-refractivity contribution in [1.82, 2.24) is 9.80 Å². The van der Waals surface area contributed by atoms with Gasteiger partial charge in [0.05, 0.1) is 11.3 Å². The smallest absolute Gasteiger partial charge is 0.257 e. The van der Waals surface area contributed by atoms with Gasteiger partial charge < -0.3 is 4.90 Å². The predicted molar refractivity (Wildman–Crippen MR) is 105 cm³/mol. The standard InChI is InChI=1S/C22H25N3O2/c1-17(26)24-16-25(22(27)20-9-5-6-10-21(20)24)19-11-13-23(14-12-19)15-18-7-3-2-4-8-18/h2-10,19H,11-16H2,1H3. The molecule has 2 aliphatic heterocycles. The van der Waals surface area contributed by atoms with Crippen LogP contribution in [0.5, 0.6) is 0 Å². The van der Waals surface area contributed by atoms with Crippen molar-refractivity contribution in [2.75, 3.05) is 24.7 Å². The maximum atomic E-state index is 13.0. The summed E-state index contributed by atoms with van der Waals surface area (Å²) in [5.41, 5.74) is 2.68. The molecule has 0 unspecified atom stereocenters. The van der Waals surface area contributed by atoms with Crippen LogP contribution in [-0.2, 0) is 11.3 Å². The summed E-state index contributed by atoms with van der Waals surface area (Å²) in [6, 6.07) is 18.1. The van der Waals surface area contributed by atoms with Crippen LogP contribution in [0.1, 0.15) is 35.7 Å². The first kappa shape index (κ1) is 17.7. The van der Waals surface area contributed by atoms with Crippen molar-refractivity contribution < 1.29 is 9.59 Å². The highest BCUT2D eigenvalue weighted by molar-refractivity contribution is 6.07. The van der Waals surface area contributed by atoms with Crippen LogP contribution in [0.15, 0.2) is 54.6 Å². The Balaban J connectivity index is 1.45. The van der Waals surface area contributed by atoms with E-state index in [0.717, 1.165) is 38.2 Å². The van der Waals surface area contributed by atoms with E-state index >= 15 is 0 Å². The average Bonchev–Trinajstić information content (AvgIpc) is 2.70. The van der Waals surface area contributed by atoms with Crippen molar-refractivity contribution in [3.63, 3.8) is 0 Å². The molecule has 4 rings (SSSR count). The molecule has 0 N–H and O–H groups in total. The number of carbonyl (C=O) groups excluding carboxylic acids is 2. The molecule has 0 radical (unpaired) electrons. The lowest BCUT2D eigenvalue weighted by Crippen LogP contribution is -2.55. The fraction of sp³-hybridized carbons (Fsp3) is 0.364. The van der Waals surface area contributed by atoms with Crippen LogP contribution in [-0.4, -0.2) is 47.4 Å². The maximum Gasteiger partial charge on any atom is 0.257 e. The lowest BCUT2D eigenvalue weighted by molar-refractivity contribution is -0.117. The number of hydrogen-bond acceptors (Lipinski definition) is 3. The van der Waals surface area contributed by atoms with Gasteiger partial charge in [-0.15, -0.1) is 0 Å². The molecule has 1 fully saturated rings. The number of amides is 2. The Morgan fingerprint density at radius 2 is 1.67 bits per heavy atom. The minimum atomic E-state index is -0.0264. The number of para-hydroxylation sites is 1. The van der Waals surface area contributed by atoms with Crippen LogP contribution < -0.4 is 4.90 Å². The number of piperidine rings is 1. The van der Waals surface area contributed by atoms with Crippen LogP contribution >= 0.6 is 0 Å². The molecule has 5 heteroatoms. The Morgan fingerprint density at radius 3 is 2.37 bits per heavy atom. The quantitative estimate of drug-likeness (QED) is 0.842. The molecule has 0 bridgehead atoms. The van der Waals surface area contributed by atoms with Crippen LogP contribution in [0.3, 0.4) is 0 Å². The van der Waals surface area contributed by atoms with Gasteiger partial charge >= 0.3 is 0 Å². The number of benzene rings is 2. The topological polar surface area (TPSA) is 43.9 Å². The summed E-state index contributed by atoms with van der Waals surface area (Å²) in [5, 5.41) is 0. The summed E-state index contributed by atoms with van der Waals surface area (Å²) in [5.74, 6) is 0.0195. The van der Waals surface area contributed by atoms with Crippen molar-refractivity contribution in [3.05, 3.63) is 65.7 Å². The Kier molecular flexibility index (Phi) is 4.94. The number of nitrogens with zero attached hydrogens (tertiary/aromatic N) is 3. The monoisotopic (exact) mass is 363 g/mol. The molecule has 140 valence electrons. The Bertz CT molecular complexity index is 828. The third-order valence-electron chi connectivity index (χ3n) is 5.61. The van der Waals surface area contributed by atoms with E-state index in [-0.39, 0.29) is 17.9 Å². The first-order valence-corrected chi connectivity index (χ1v) is 9.58. The molecule has 2 heterocycles. The summed E-state index contributed by atoms with van der Waals surface area (Å²) in [6.07, 6.45) is 1.87. The van der Waals surface area contributed by atoms with Crippen molar-refractivity contribution in [1.29, 1.82) is 0 Å². The molecule has 0 saturated carbocycles. The average molecular weight is 363 g/mol. The van der Waals surface area contributed by atoms with Gasteiger partial charge in [-0.25, -0.2) is 0 Å². The number of rotatable bonds is 3. The van der Waals surface area contributed by atoms with Gasteiger partial charge in [0, 0.05) is 32.6 Å². The van der Waals surface area contributed by atoms with Crippen molar-refractivity contribution in [3.8, 4) is 0 Å². The Labute approximate surface area is 160 Å². The molecule has 2 aromatic rings. The van der Waals surface area contributed by atoms with Crippen LogP contribution in [0, 0.1) is 0 Å². The van der Waals surface area contributed by atoms with E-state index in [1.54, 1.807) is 11.8 Å². The zero-order valence-corrected chi connectivity index (χ0v) is 15.7. The van der Waals surface area contributed by atoms with Crippen LogP contribution in [0.4, 0.5) is 5.69 Å². The second-order valence-electron chi connectivity index (χ2n) is 7.37. The minimum absolute atomic E-state index is 0.0264. The van der Waals surface area contributed by atoms with Gasteiger partial charge in [-0.2, -0.15) is 0 Å². The van der Waals surface area contributed by atoms with Crippen LogP contribution in [0.25, 0.3) is 0 Å². The highest BCUT2D eigenvalue weighted by Gasteiger charge is 2.36. The van der Waals surface area contributed by atoms with E-state index in [2.05, 4.69) is 29.2 Å².